The number of nitrogens with one attached hydrogen (secondary N) is 1. The largest absolute Gasteiger partial charge is 0.490 e. The van der Waals surface area contributed by atoms with Crippen molar-refractivity contribution in [3.63, 3.8) is 0 Å². The fraction of sp³-hybridized carbons (Fsp3) is 0.136. The Balaban J connectivity index is 1.58. The van der Waals surface area contributed by atoms with Gasteiger partial charge in [0.1, 0.15) is 36.4 Å². The molecule has 0 aliphatic carbocycles. The van der Waals surface area contributed by atoms with Crippen LogP contribution in [0.1, 0.15) is 11.3 Å². The Morgan fingerprint density at radius 1 is 1.23 bits per heavy atom. The molecule has 1 amide bonds. The van der Waals surface area contributed by atoms with E-state index < -0.39 is 5.91 Å². The van der Waals surface area contributed by atoms with E-state index in [0.29, 0.717) is 34.1 Å². The Kier molecular flexibility index (Phi) is 7.60. The van der Waals surface area contributed by atoms with Crippen LogP contribution in [0.5, 0.6) is 11.5 Å². The summed E-state index contributed by atoms with van der Waals surface area (Å²) >= 11 is 4.77. The minimum absolute atomic E-state index is 0.0142. The first-order valence-electron chi connectivity index (χ1n) is 9.00. The molecule has 0 atom stereocenters. The molecule has 0 unspecified atom stereocenters. The molecule has 0 saturated heterocycles. The van der Waals surface area contributed by atoms with E-state index in [1.54, 1.807) is 18.2 Å². The van der Waals surface area contributed by atoms with E-state index >= 15 is 0 Å². The lowest BCUT2D eigenvalue weighted by molar-refractivity contribution is -0.112. The molecule has 3 aromatic rings. The van der Waals surface area contributed by atoms with Gasteiger partial charge in [-0.2, -0.15) is 5.26 Å². The summed E-state index contributed by atoms with van der Waals surface area (Å²) in [7, 11) is 0. The fourth-order valence-electron chi connectivity index (χ4n) is 2.44. The van der Waals surface area contributed by atoms with E-state index in [-0.39, 0.29) is 5.57 Å². The zero-order chi connectivity index (χ0) is 21.3. The lowest BCUT2D eigenvalue weighted by atomic mass is 10.1. The van der Waals surface area contributed by atoms with Crippen LogP contribution < -0.4 is 14.8 Å². The molecule has 3 rings (SSSR count). The molecule has 0 fully saturated rings. The molecule has 0 aliphatic heterocycles. The number of carbonyl (C=O) groups excluding carboxylic acids is 1. The molecule has 0 bridgehead atoms. The highest BCUT2D eigenvalue weighted by atomic mass is 79.9. The molecule has 0 saturated carbocycles. The van der Waals surface area contributed by atoms with Crippen LogP contribution in [-0.2, 0) is 4.79 Å². The predicted octanol–water partition coefficient (Wildman–Crippen LogP) is 5.22. The summed E-state index contributed by atoms with van der Waals surface area (Å²) in [5, 5.41) is 14.3. The van der Waals surface area contributed by atoms with Crippen molar-refractivity contribution in [1.29, 1.82) is 5.26 Å². The van der Waals surface area contributed by atoms with E-state index in [9.17, 15) is 10.1 Å². The van der Waals surface area contributed by atoms with Crippen molar-refractivity contribution in [1.82, 2.24) is 4.98 Å². The molecule has 30 heavy (non-hydrogen) atoms. The average molecular weight is 484 g/mol. The van der Waals surface area contributed by atoms with E-state index in [1.807, 2.05) is 48.7 Å². The molecular formula is C22H18BrN3O3S. The first kappa shape index (κ1) is 21.6. The van der Waals surface area contributed by atoms with Crippen LogP contribution in [-0.4, -0.2) is 24.1 Å². The van der Waals surface area contributed by atoms with E-state index in [0.717, 1.165) is 11.4 Å². The van der Waals surface area contributed by atoms with Crippen LogP contribution in [0.25, 0.3) is 6.08 Å². The van der Waals surface area contributed by atoms with Gasteiger partial charge in [0.05, 0.1) is 10.2 Å². The molecule has 0 aliphatic rings. The van der Waals surface area contributed by atoms with Gasteiger partial charge in [0.15, 0.2) is 5.13 Å². The van der Waals surface area contributed by atoms with Crippen molar-refractivity contribution in [3.8, 4) is 17.6 Å². The number of hydrogen-bond acceptors (Lipinski definition) is 6. The van der Waals surface area contributed by atoms with E-state index in [2.05, 4.69) is 26.2 Å². The minimum atomic E-state index is -0.499. The smallest absolute Gasteiger partial charge is 0.268 e. The quantitative estimate of drug-likeness (QED) is 0.269. The Hall–Kier alpha value is -3.15. The van der Waals surface area contributed by atoms with Gasteiger partial charge < -0.3 is 9.47 Å². The number of aromatic nitrogens is 1. The number of benzene rings is 2. The van der Waals surface area contributed by atoms with Crippen molar-refractivity contribution in [3.05, 3.63) is 75.2 Å². The number of hydrogen-bond donors (Lipinski definition) is 1. The highest BCUT2D eigenvalue weighted by molar-refractivity contribution is 9.10. The molecule has 0 spiro atoms. The van der Waals surface area contributed by atoms with Gasteiger partial charge in [0, 0.05) is 5.38 Å². The lowest BCUT2D eigenvalue weighted by Crippen LogP contribution is -2.13. The van der Waals surface area contributed by atoms with Crippen LogP contribution in [0.3, 0.4) is 0 Å². The standard InChI is InChI=1S/C22H18BrN3O3S/c1-15-14-30-22(25-15)26-21(27)17(13-24)11-16-7-8-20(19(23)12-16)29-10-9-28-18-5-3-2-4-6-18/h2-8,11-12,14H,9-10H2,1H3,(H,25,26,27)/b17-11-. The second-order valence-corrected chi connectivity index (χ2v) is 7.83. The van der Waals surface area contributed by atoms with Gasteiger partial charge in [-0.15, -0.1) is 11.3 Å². The lowest BCUT2D eigenvalue weighted by Gasteiger charge is -2.10. The number of amides is 1. The normalized spacial score (nSPS) is 10.9. The third-order valence-corrected chi connectivity index (χ3v) is 5.32. The number of rotatable bonds is 8. The summed E-state index contributed by atoms with van der Waals surface area (Å²) in [5.74, 6) is 0.933. The minimum Gasteiger partial charge on any atom is -0.490 e. The molecule has 1 heterocycles. The van der Waals surface area contributed by atoms with Crippen LogP contribution in [0, 0.1) is 18.3 Å². The predicted molar refractivity (Wildman–Crippen MR) is 121 cm³/mol. The van der Waals surface area contributed by atoms with Crippen molar-refractivity contribution < 1.29 is 14.3 Å². The number of nitrogens with zero attached hydrogens (tertiary/aromatic N) is 2. The molecule has 1 N–H and O–H groups in total. The second-order valence-electron chi connectivity index (χ2n) is 6.12. The first-order valence-corrected chi connectivity index (χ1v) is 10.7. The Morgan fingerprint density at radius 2 is 2.00 bits per heavy atom. The zero-order valence-corrected chi connectivity index (χ0v) is 18.5. The first-order chi connectivity index (χ1) is 14.5. The van der Waals surface area contributed by atoms with Gasteiger partial charge in [-0.1, -0.05) is 24.3 Å². The summed E-state index contributed by atoms with van der Waals surface area (Å²) in [6.07, 6.45) is 1.52. The van der Waals surface area contributed by atoms with Crippen molar-refractivity contribution >= 4 is 44.4 Å². The Labute approximate surface area is 186 Å². The van der Waals surface area contributed by atoms with Gasteiger partial charge in [0.2, 0.25) is 0 Å². The summed E-state index contributed by atoms with van der Waals surface area (Å²) in [5.41, 5.74) is 1.49. The second kappa shape index (κ2) is 10.6. The number of thiazole rings is 1. The highest BCUT2D eigenvalue weighted by Crippen LogP contribution is 2.27. The number of nitriles is 1. The van der Waals surface area contributed by atoms with Gasteiger partial charge in [-0.25, -0.2) is 4.98 Å². The maximum atomic E-state index is 12.3. The fourth-order valence-corrected chi connectivity index (χ4v) is 3.64. The Morgan fingerprint density at radius 3 is 2.67 bits per heavy atom. The summed E-state index contributed by atoms with van der Waals surface area (Å²) in [6.45, 7) is 2.62. The van der Waals surface area contributed by atoms with Crippen molar-refractivity contribution in [2.75, 3.05) is 18.5 Å². The molecule has 8 heteroatoms. The summed E-state index contributed by atoms with van der Waals surface area (Å²) in [4.78, 5) is 16.5. The highest BCUT2D eigenvalue weighted by Gasteiger charge is 2.12. The van der Waals surface area contributed by atoms with Crippen LogP contribution in [0.4, 0.5) is 5.13 Å². The maximum absolute atomic E-state index is 12.3. The summed E-state index contributed by atoms with van der Waals surface area (Å²) < 4.78 is 12.0. The van der Waals surface area contributed by atoms with Crippen molar-refractivity contribution in [2.24, 2.45) is 0 Å². The molecule has 0 radical (unpaired) electrons. The number of para-hydroxylation sites is 1. The maximum Gasteiger partial charge on any atom is 0.268 e. The topological polar surface area (TPSA) is 84.2 Å². The number of anilines is 1. The van der Waals surface area contributed by atoms with Gasteiger partial charge >= 0.3 is 0 Å². The molecule has 152 valence electrons. The number of halogens is 1. The van der Waals surface area contributed by atoms with Gasteiger partial charge in [0.25, 0.3) is 5.91 Å². The third-order valence-electron chi connectivity index (χ3n) is 3.82. The SMILES string of the molecule is Cc1csc(NC(=O)/C(C#N)=C\c2ccc(OCCOc3ccccc3)c(Br)c2)n1. The average Bonchev–Trinajstić information content (AvgIpc) is 3.15. The van der Waals surface area contributed by atoms with Gasteiger partial charge in [-0.3, -0.25) is 10.1 Å². The van der Waals surface area contributed by atoms with E-state index in [4.69, 9.17) is 9.47 Å². The number of ether oxygens (including phenoxy) is 2. The Bertz CT molecular complexity index is 1090. The van der Waals surface area contributed by atoms with E-state index in [1.165, 1.54) is 17.4 Å². The summed E-state index contributed by atoms with van der Waals surface area (Å²) in [6, 6.07) is 16.8. The van der Waals surface area contributed by atoms with Crippen molar-refractivity contribution in [2.45, 2.75) is 6.92 Å². The van der Waals surface area contributed by atoms with Gasteiger partial charge in [-0.05, 0) is 58.8 Å². The van der Waals surface area contributed by atoms with Crippen LogP contribution in [0.15, 0.2) is 64.0 Å². The van der Waals surface area contributed by atoms with Crippen LogP contribution in [0.2, 0.25) is 0 Å². The third kappa shape index (κ3) is 6.17. The zero-order valence-electron chi connectivity index (χ0n) is 16.1. The molecule has 6 nitrogen and oxygen atoms in total. The van der Waals surface area contributed by atoms with Crippen LogP contribution >= 0.6 is 27.3 Å². The monoisotopic (exact) mass is 483 g/mol. The molecule has 1 aromatic heterocycles. The molecular weight excluding hydrogens is 466 g/mol. The number of carbonyl (C=O) groups is 1. The number of aryl methyl sites for hydroxylation is 1. The molecule has 2 aromatic carbocycles.